The van der Waals surface area contributed by atoms with Crippen molar-refractivity contribution >= 4 is 18.4 Å². The lowest BCUT2D eigenvalue weighted by Gasteiger charge is -2.08. The van der Waals surface area contributed by atoms with E-state index in [9.17, 15) is 4.79 Å². The van der Waals surface area contributed by atoms with E-state index < -0.39 is 6.04 Å². The van der Waals surface area contributed by atoms with Gasteiger partial charge in [-0.25, -0.2) is 0 Å². The predicted molar refractivity (Wildman–Crippen MR) is 111 cm³/mol. The molecule has 0 aliphatic heterocycles. The zero-order valence-electron chi connectivity index (χ0n) is 16.9. The van der Waals surface area contributed by atoms with Crippen molar-refractivity contribution in [1.29, 1.82) is 0 Å². The van der Waals surface area contributed by atoms with Crippen LogP contribution < -0.4 is 5.73 Å². The number of nitrogens with two attached hydrogens (primary N) is 1. The molecule has 0 rings (SSSR count). The molecule has 0 fully saturated rings. The molecule has 0 aromatic carbocycles. The average molecular weight is 378 g/mol. The largest absolute Gasteiger partial charge is 0.468 e. The number of hydrogen-bond acceptors (Lipinski definition) is 3. The second kappa shape index (κ2) is 21.8. The summed E-state index contributed by atoms with van der Waals surface area (Å²) in [5.41, 5.74) is 5.71. The summed E-state index contributed by atoms with van der Waals surface area (Å²) in [7, 11) is 1.40. The summed E-state index contributed by atoms with van der Waals surface area (Å²) in [6.45, 7) is 2.28. The van der Waals surface area contributed by atoms with Gasteiger partial charge in [-0.3, -0.25) is 4.79 Å². The fraction of sp³-hybridized carbons (Fsp3) is 0.952. The Morgan fingerprint density at radius 3 is 1.36 bits per heavy atom. The molecule has 0 aliphatic rings. The molecule has 25 heavy (non-hydrogen) atoms. The van der Waals surface area contributed by atoms with E-state index in [1.54, 1.807) is 0 Å². The van der Waals surface area contributed by atoms with Gasteiger partial charge in [0, 0.05) is 0 Å². The van der Waals surface area contributed by atoms with E-state index in [-0.39, 0.29) is 18.4 Å². The van der Waals surface area contributed by atoms with Crippen LogP contribution in [0.1, 0.15) is 116 Å². The lowest BCUT2D eigenvalue weighted by atomic mass is 10.0. The number of unbranched alkanes of at least 4 members (excludes halogenated alkanes) is 15. The summed E-state index contributed by atoms with van der Waals surface area (Å²) in [4.78, 5) is 11.2. The Morgan fingerprint density at radius 1 is 0.720 bits per heavy atom. The number of methoxy groups -OCH3 is 1. The van der Waals surface area contributed by atoms with E-state index in [0.717, 1.165) is 12.8 Å². The van der Waals surface area contributed by atoms with E-state index in [1.165, 1.54) is 103 Å². The van der Waals surface area contributed by atoms with Crippen molar-refractivity contribution in [2.45, 2.75) is 122 Å². The van der Waals surface area contributed by atoms with Gasteiger partial charge in [-0.15, -0.1) is 12.4 Å². The smallest absolute Gasteiger partial charge is 0.322 e. The minimum absolute atomic E-state index is 0. The first-order valence-corrected chi connectivity index (χ1v) is 10.6. The van der Waals surface area contributed by atoms with E-state index in [0.29, 0.717) is 0 Å². The average Bonchev–Trinajstić information content (AvgIpc) is 2.60. The van der Waals surface area contributed by atoms with E-state index >= 15 is 0 Å². The Labute approximate surface area is 163 Å². The van der Waals surface area contributed by atoms with Gasteiger partial charge in [0.2, 0.25) is 0 Å². The number of carbonyl (C=O) groups excluding carboxylic acids is 1. The third-order valence-corrected chi connectivity index (χ3v) is 4.87. The Morgan fingerprint density at radius 2 is 1.04 bits per heavy atom. The quantitative estimate of drug-likeness (QED) is 0.217. The first-order chi connectivity index (χ1) is 11.7. The molecule has 0 saturated heterocycles. The Bertz CT molecular complexity index is 275. The van der Waals surface area contributed by atoms with Crippen molar-refractivity contribution < 1.29 is 9.53 Å². The van der Waals surface area contributed by atoms with Gasteiger partial charge in [0.1, 0.15) is 6.04 Å². The molecule has 0 amide bonds. The highest BCUT2D eigenvalue weighted by Crippen LogP contribution is 2.14. The van der Waals surface area contributed by atoms with Crippen LogP contribution >= 0.6 is 12.4 Å². The standard InChI is InChI=1S/C21H43NO2.ClH/c1-3-4-5-6-7-8-9-10-11-12-13-14-15-16-17-18-19-20(22)21(23)24-2;/h20H,3-19,22H2,1-2H3;1H. The van der Waals surface area contributed by atoms with E-state index in [2.05, 4.69) is 11.7 Å². The Balaban J connectivity index is 0. The summed E-state index contributed by atoms with van der Waals surface area (Å²) in [5, 5.41) is 0. The number of hydrogen-bond donors (Lipinski definition) is 1. The maximum atomic E-state index is 11.2. The zero-order chi connectivity index (χ0) is 17.9. The second-order valence-electron chi connectivity index (χ2n) is 7.22. The summed E-state index contributed by atoms with van der Waals surface area (Å²) in [6.07, 6.45) is 22.5. The van der Waals surface area contributed by atoms with Crippen molar-refractivity contribution in [3.8, 4) is 0 Å². The molecular formula is C21H44ClNO2. The van der Waals surface area contributed by atoms with Crippen LogP contribution in [0.3, 0.4) is 0 Å². The molecule has 0 aliphatic carbocycles. The third kappa shape index (κ3) is 19.9. The van der Waals surface area contributed by atoms with Gasteiger partial charge >= 0.3 is 5.97 Å². The van der Waals surface area contributed by atoms with Crippen LogP contribution in [-0.4, -0.2) is 19.1 Å². The first-order valence-electron chi connectivity index (χ1n) is 10.6. The zero-order valence-corrected chi connectivity index (χ0v) is 17.7. The highest BCUT2D eigenvalue weighted by Gasteiger charge is 2.12. The summed E-state index contributed by atoms with van der Waals surface area (Å²) < 4.78 is 4.63. The molecule has 3 nitrogen and oxygen atoms in total. The van der Waals surface area contributed by atoms with Gasteiger partial charge in [-0.1, -0.05) is 110 Å². The fourth-order valence-electron chi connectivity index (χ4n) is 3.18. The van der Waals surface area contributed by atoms with Gasteiger partial charge in [0.05, 0.1) is 7.11 Å². The highest BCUT2D eigenvalue weighted by molar-refractivity contribution is 5.85. The number of halogens is 1. The molecule has 0 aromatic heterocycles. The van der Waals surface area contributed by atoms with Gasteiger partial charge in [0.15, 0.2) is 0 Å². The monoisotopic (exact) mass is 377 g/mol. The predicted octanol–water partition coefficient (Wildman–Crippen LogP) is 6.56. The van der Waals surface area contributed by atoms with Gasteiger partial charge in [0.25, 0.3) is 0 Å². The molecule has 0 heterocycles. The van der Waals surface area contributed by atoms with Crippen LogP contribution in [0, 0.1) is 0 Å². The molecule has 0 radical (unpaired) electrons. The third-order valence-electron chi connectivity index (χ3n) is 4.87. The van der Waals surface area contributed by atoms with Crippen molar-refractivity contribution in [3.05, 3.63) is 0 Å². The Kier molecular flexibility index (Phi) is 23.5. The molecular weight excluding hydrogens is 334 g/mol. The van der Waals surface area contributed by atoms with Crippen LogP contribution in [0.5, 0.6) is 0 Å². The van der Waals surface area contributed by atoms with Crippen molar-refractivity contribution in [2.24, 2.45) is 5.73 Å². The van der Waals surface area contributed by atoms with Crippen LogP contribution in [0.4, 0.5) is 0 Å². The number of ether oxygens (including phenoxy) is 1. The molecule has 2 N–H and O–H groups in total. The van der Waals surface area contributed by atoms with Crippen molar-refractivity contribution in [2.75, 3.05) is 7.11 Å². The molecule has 0 saturated carbocycles. The number of rotatable bonds is 18. The van der Waals surface area contributed by atoms with Crippen molar-refractivity contribution in [3.63, 3.8) is 0 Å². The molecule has 1 atom stereocenters. The lowest BCUT2D eigenvalue weighted by molar-refractivity contribution is -0.142. The summed E-state index contributed by atoms with van der Waals surface area (Å²) in [5.74, 6) is -0.282. The molecule has 4 heteroatoms. The van der Waals surface area contributed by atoms with Gasteiger partial charge < -0.3 is 10.5 Å². The topological polar surface area (TPSA) is 52.3 Å². The SMILES string of the molecule is CCCCCCCCCCCCCCCCCCC(N)C(=O)OC.Cl. The van der Waals surface area contributed by atoms with Gasteiger partial charge in [-0.2, -0.15) is 0 Å². The van der Waals surface area contributed by atoms with Crippen molar-refractivity contribution in [1.82, 2.24) is 0 Å². The maximum Gasteiger partial charge on any atom is 0.322 e. The molecule has 1 unspecified atom stereocenters. The normalized spacial score (nSPS) is 11.8. The number of esters is 1. The van der Waals surface area contributed by atoms with E-state index in [1.807, 2.05) is 0 Å². The molecule has 0 bridgehead atoms. The highest BCUT2D eigenvalue weighted by atomic mass is 35.5. The minimum atomic E-state index is -0.429. The van der Waals surface area contributed by atoms with Crippen LogP contribution in [0.2, 0.25) is 0 Å². The lowest BCUT2D eigenvalue weighted by Crippen LogP contribution is -2.31. The van der Waals surface area contributed by atoms with Gasteiger partial charge in [-0.05, 0) is 6.42 Å². The second-order valence-corrected chi connectivity index (χ2v) is 7.22. The number of carbonyl (C=O) groups is 1. The molecule has 0 spiro atoms. The summed E-state index contributed by atoms with van der Waals surface area (Å²) >= 11 is 0. The van der Waals surface area contributed by atoms with E-state index in [4.69, 9.17) is 5.73 Å². The first kappa shape index (κ1) is 26.9. The fourth-order valence-corrected chi connectivity index (χ4v) is 3.18. The molecule has 0 aromatic rings. The van der Waals surface area contributed by atoms with Crippen LogP contribution in [-0.2, 0) is 9.53 Å². The summed E-state index contributed by atoms with van der Waals surface area (Å²) in [6, 6.07) is -0.429. The van der Waals surface area contributed by atoms with Crippen LogP contribution in [0.15, 0.2) is 0 Å². The molecule has 152 valence electrons. The Hall–Kier alpha value is -0.280. The maximum absolute atomic E-state index is 11.2. The minimum Gasteiger partial charge on any atom is -0.468 e. The van der Waals surface area contributed by atoms with Crippen LogP contribution in [0.25, 0.3) is 0 Å².